The van der Waals surface area contributed by atoms with E-state index in [-0.39, 0.29) is 0 Å². The molecule has 15 nitrogen and oxygen atoms in total. The number of hydrogen-bond donors (Lipinski definition) is 1. The molecule has 1 aromatic rings. The lowest BCUT2D eigenvalue weighted by Crippen LogP contribution is -2.58. The highest BCUT2D eigenvalue weighted by atomic mass is 31.2. The van der Waals surface area contributed by atoms with Crippen molar-refractivity contribution in [3.63, 3.8) is 0 Å². The van der Waals surface area contributed by atoms with Crippen molar-refractivity contribution in [1.82, 2.24) is 9.36 Å². The van der Waals surface area contributed by atoms with Crippen molar-refractivity contribution in [3.8, 4) is 11.6 Å². The Bertz CT molecular complexity index is 1130. The van der Waals surface area contributed by atoms with Gasteiger partial charge in [-0.15, -0.1) is 4.67 Å². The molecule has 1 spiro atoms. The molecule has 4 saturated heterocycles. The summed E-state index contributed by atoms with van der Waals surface area (Å²) in [5, 5.41) is 10.8. The third kappa shape index (κ3) is 1.64. The van der Waals surface area contributed by atoms with Gasteiger partial charge in [0.25, 0.3) is 23.2 Å². The fourth-order valence-corrected chi connectivity index (χ4v) is 6.19. The van der Waals surface area contributed by atoms with Gasteiger partial charge in [-0.3, -0.25) is 4.79 Å². The topological polar surface area (TPSA) is 172 Å². The molecular weight excluding hydrogens is 425 g/mol. The molecule has 6 aliphatic heterocycles. The van der Waals surface area contributed by atoms with Crippen LogP contribution in [0.1, 0.15) is 6.23 Å². The standard InChI is InChI=1S/C9H5FN2O13P2/c10-12-4(13)3-5-11(7(12)14)6-9-8(15,22-27(17,23-9)24-9)2(19-6)1-18-25-26(16,20-3)21-5/h2,6,15H,1H2/t2-,6-,8+,9?,26?,27?/m1/s1. The van der Waals surface area contributed by atoms with E-state index in [0.29, 0.717) is 4.57 Å². The Labute approximate surface area is 144 Å². The lowest BCUT2D eigenvalue weighted by atomic mass is 10.0. The van der Waals surface area contributed by atoms with Crippen molar-refractivity contribution in [2.75, 3.05) is 6.61 Å². The summed E-state index contributed by atoms with van der Waals surface area (Å²) in [6.45, 7) is -0.724. The molecule has 7 heterocycles. The number of fused-ring (bicyclic) bond motifs is 4. The predicted molar refractivity (Wildman–Crippen MR) is 69.8 cm³/mol. The zero-order valence-corrected chi connectivity index (χ0v) is 14.2. The first kappa shape index (κ1) is 16.4. The van der Waals surface area contributed by atoms with Crippen LogP contribution in [0.3, 0.4) is 0 Å². The molecule has 4 fully saturated rings. The van der Waals surface area contributed by atoms with Crippen LogP contribution in [-0.4, -0.2) is 38.7 Å². The van der Waals surface area contributed by atoms with E-state index < -0.39 is 73.8 Å². The van der Waals surface area contributed by atoms with Crippen LogP contribution in [0.25, 0.3) is 0 Å². The maximum absolute atomic E-state index is 14.1. The van der Waals surface area contributed by atoms with Gasteiger partial charge in [0.2, 0.25) is 6.23 Å². The number of halogens is 1. The molecule has 6 bridgehead atoms. The molecule has 1 unspecified atom stereocenters. The summed E-state index contributed by atoms with van der Waals surface area (Å²) in [7, 11) is -8.78. The second kappa shape index (κ2) is 4.35. The van der Waals surface area contributed by atoms with E-state index in [9.17, 15) is 28.3 Å². The minimum Gasteiger partial charge on any atom is -0.382 e. The van der Waals surface area contributed by atoms with Gasteiger partial charge in [-0.1, -0.05) is 9.27 Å². The number of ether oxygens (including phenoxy) is 1. The fraction of sp³-hybridized carbons (Fsp3) is 0.556. The van der Waals surface area contributed by atoms with Gasteiger partial charge < -0.3 is 18.9 Å². The Morgan fingerprint density at radius 3 is 2.63 bits per heavy atom. The van der Waals surface area contributed by atoms with Gasteiger partial charge in [0.05, 0.1) is 0 Å². The van der Waals surface area contributed by atoms with E-state index in [0.717, 1.165) is 0 Å². The second-order valence-electron chi connectivity index (χ2n) is 5.92. The number of aliphatic hydroxyl groups is 1. The van der Waals surface area contributed by atoms with Crippen molar-refractivity contribution >= 4 is 15.6 Å². The lowest BCUT2D eigenvalue weighted by Gasteiger charge is -2.37. The molecule has 27 heavy (non-hydrogen) atoms. The largest absolute Gasteiger partial charge is 0.617 e. The van der Waals surface area contributed by atoms with Crippen LogP contribution < -0.4 is 20.3 Å². The molecule has 0 aliphatic carbocycles. The third-order valence-electron chi connectivity index (χ3n) is 4.46. The Morgan fingerprint density at radius 1 is 1.15 bits per heavy atom. The van der Waals surface area contributed by atoms with Crippen molar-refractivity contribution < 1.29 is 55.6 Å². The fourth-order valence-electron chi connectivity index (χ4n) is 3.36. The molecule has 6 aliphatic rings. The van der Waals surface area contributed by atoms with E-state index in [4.69, 9.17) is 27.4 Å². The zero-order valence-electron chi connectivity index (χ0n) is 12.4. The first-order chi connectivity index (χ1) is 12.6. The zero-order chi connectivity index (χ0) is 19.0. The molecule has 4 atom stereocenters. The van der Waals surface area contributed by atoms with Gasteiger partial charge in [0.1, 0.15) is 12.7 Å². The molecular formula is C9H5FN2O13P2. The second-order valence-corrected chi connectivity index (χ2v) is 8.77. The van der Waals surface area contributed by atoms with Crippen LogP contribution in [-0.2, 0) is 37.0 Å². The summed E-state index contributed by atoms with van der Waals surface area (Å²) in [5.41, 5.74) is -3.32. The van der Waals surface area contributed by atoms with Crippen molar-refractivity contribution in [3.05, 3.63) is 20.8 Å². The normalized spacial score (nSPS) is 48.4. The summed E-state index contributed by atoms with van der Waals surface area (Å²) in [6.07, 6.45) is -3.45. The van der Waals surface area contributed by atoms with Gasteiger partial charge in [0.15, 0.2) is 0 Å². The quantitative estimate of drug-likeness (QED) is 0.395. The number of hydrogen-bond acceptors (Lipinski definition) is 13. The van der Waals surface area contributed by atoms with Crippen LogP contribution in [0.2, 0.25) is 0 Å². The maximum Gasteiger partial charge on any atom is 0.617 e. The Hall–Kier alpha value is -1.61. The van der Waals surface area contributed by atoms with Crippen molar-refractivity contribution in [1.29, 1.82) is 0 Å². The van der Waals surface area contributed by atoms with E-state index in [1.807, 2.05) is 0 Å². The predicted octanol–water partition coefficient (Wildman–Crippen LogP) is -0.949. The molecule has 0 aromatic carbocycles. The SMILES string of the molecule is O=c1c2c3n(c(=O)n1F)[C@@H]1O[C@H](COOP(=O)(O2)O3)[C@]2(O)OP3(=O)OC12O3. The number of phosphoric acid groups is 2. The van der Waals surface area contributed by atoms with Crippen molar-refractivity contribution in [2.24, 2.45) is 0 Å². The molecule has 1 aromatic heterocycles. The van der Waals surface area contributed by atoms with Gasteiger partial charge in [-0.25, -0.2) is 37.0 Å². The first-order valence-corrected chi connectivity index (χ1v) is 10.0. The van der Waals surface area contributed by atoms with Crippen LogP contribution in [0.15, 0.2) is 9.59 Å². The molecule has 7 rings (SSSR count). The molecule has 18 heteroatoms. The molecule has 1 N–H and O–H groups in total. The Kier molecular flexibility index (Phi) is 2.63. The van der Waals surface area contributed by atoms with E-state index >= 15 is 0 Å². The molecule has 0 amide bonds. The summed E-state index contributed by atoms with van der Waals surface area (Å²) < 4.78 is 73.3. The average Bonchev–Trinajstić information content (AvgIpc) is 3.17. The van der Waals surface area contributed by atoms with Crippen LogP contribution in [0.5, 0.6) is 11.6 Å². The maximum atomic E-state index is 14.1. The van der Waals surface area contributed by atoms with E-state index in [2.05, 4.69) is 9.56 Å². The highest BCUT2D eigenvalue weighted by molar-refractivity contribution is 7.50. The average molecular weight is 430 g/mol. The minimum absolute atomic E-state index is 0.300. The van der Waals surface area contributed by atoms with Crippen molar-refractivity contribution in [2.45, 2.75) is 23.9 Å². The Morgan fingerprint density at radius 2 is 1.89 bits per heavy atom. The van der Waals surface area contributed by atoms with E-state index in [1.165, 1.54) is 0 Å². The number of phosphoric ester groups is 2. The summed E-state index contributed by atoms with van der Waals surface area (Å²) in [4.78, 5) is 28.0. The highest BCUT2D eigenvalue weighted by Crippen LogP contribution is 2.82. The smallest absolute Gasteiger partial charge is 0.382 e. The minimum atomic E-state index is -4.62. The molecule has 0 saturated carbocycles. The van der Waals surface area contributed by atoms with Crippen LogP contribution in [0.4, 0.5) is 4.48 Å². The number of nitrogens with zero attached hydrogens (tertiary/aromatic N) is 2. The monoisotopic (exact) mass is 430 g/mol. The summed E-state index contributed by atoms with van der Waals surface area (Å²) >= 11 is 0. The van der Waals surface area contributed by atoms with Gasteiger partial charge >= 0.3 is 26.9 Å². The molecule has 146 valence electrons. The Balaban J connectivity index is 1.67. The van der Waals surface area contributed by atoms with Gasteiger partial charge in [0, 0.05) is 0 Å². The first-order valence-electron chi connectivity index (χ1n) is 7.10. The highest BCUT2D eigenvalue weighted by Gasteiger charge is 2.89. The van der Waals surface area contributed by atoms with Gasteiger partial charge in [-0.2, -0.15) is 0 Å². The van der Waals surface area contributed by atoms with Gasteiger partial charge in [-0.05, 0) is 0 Å². The van der Waals surface area contributed by atoms with E-state index in [1.54, 1.807) is 0 Å². The summed E-state index contributed by atoms with van der Waals surface area (Å²) in [5.74, 6) is -6.83. The molecule has 0 radical (unpaired) electrons. The lowest BCUT2D eigenvalue weighted by molar-refractivity contribution is -0.295. The number of aromatic nitrogens is 2. The summed E-state index contributed by atoms with van der Waals surface area (Å²) in [6, 6.07) is 0. The number of rotatable bonds is 0. The van der Waals surface area contributed by atoms with Crippen LogP contribution in [0, 0.1) is 0 Å². The van der Waals surface area contributed by atoms with Crippen LogP contribution >= 0.6 is 15.6 Å². The third-order valence-corrected chi connectivity index (χ3v) is 7.04.